The molecule has 0 aliphatic carbocycles. The van der Waals surface area contributed by atoms with Crippen LogP contribution < -0.4 is 0 Å². The molecule has 0 aromatic heterocycles. The lowest BCUT2D eigenvalue weighted by Gasteiger charge is -2.40. The van der Waals surface area contributed by atoms with Gasteiger partial charge in [0.05, 0.1) is 13.1 Å². The summed E-state index contributed by atoms with van der Waals surface area (Å²) in [6.07, 6.45) is 0. The maximum absolute atomic E-state index is 12.1. The summed E-state index contributed by atoms with van der Waals surface area (Å²) >= 11 is 0. The first-order valence-corrected chi connectivity index (χ1v) is 6.50. The molecule has 1 aliphatic heterocycles. The lowest BCUT2D eigenvalue weighted by molar-refractivity contribution is -0.157. The Morgan fingerprint density at radius 2 is 1.53 bits per heavy atom. The number of carbonyl (C=O) groups excluding carboxylic acids is 2. The molecular formula is C15H20N2O2. The van der Waals surface area contributed by atoms with Crippen LogP contribution in [0, 0.1) is 0 Å². The van der Waals surface area contributed by atoms with Crippen LogP contribution in [0.5, 0.6) is 0 Å². The summed E-state index contributed by atoms with van der Waals surface area (Å²) in [6.45, 7) is 6.90. The van der Waals surface area contributed by atoms with Crippen LogP contribution >= 0.6 is 0 Å². The van der Waals surface area contributed by atoms with E-state index in [0.29, 0.717) is 19.6 Å². The predicted molar refractivity (Wildman–Crippen MR) is 73.3 cm³/mol. The summed E-state index contributed by atoms with van der Waals surface area (Å²) in [7, 11) is 0. The van der Waals surface area contributed by atoms with Gasteiger partial charge >= 0.3 is 0 Å². The van der Waals surface area contributed by atoms with E-state index in [2.05, 4.69) is 0 Å². The summed E-state index contributed by atoms with van der Waals surface area (Å²) in [5.74, 6) is -0.223. The fourth-order valence-corrected chi connectivity index (χ4v) is 2.42. The second kappa shape index (κ2) is 5.13. The highest BCUT2D eigenvalue weighted by Gasteiger charge is 2.37. The minimum Gasteiger partial charge on any atom is -0.281 e. The summed E-state index contributed by atoms with van der Waals surface area (Å²) < 4.78 is 0. The number of nitrogens with zero attached hydrogens (tertiary/aromatic N) is 2. The first kappa shape index (κ1) is 13.7. The number of benzene rings is 1. The van der Waals surface area contributed by atoms with Gasteiger partial charge in [-0.2, -0.15) is 0 Å². The number of hydrogen-bond acceptors (Lipinski definition) is 3. The van der Waals surface area contributed by atoms with E-state index in [1.165, 1.54) is 4.90 Å². The third kappa shape index (κ3) is 3.20. The zero-order valence-electron chi connectivity index (χ0n) is 11.7. The molecule has 1 heterocycles. The van der Waals surface area contributed by atoms with E-state index in [1.807, 2.05) is 56.0 Å². The molecule has 1 aromatic rings. The minimum atomic E-state index is -0.437. The van der Waals surface area contributed by atoms with E-state index in [0.717, 1.165) is 5.56 Å². The third-order valence-corrected chi connectivity index (χ3v) is 3.14. The second-order valence-corrected chi connectivity index (χ2v) is 5.92. The van der Waals surface area contributed by atoms with Gasteiger partial charge in [-0.1, -0.05) is 30.3 Å². The molecule has 1 fully saturated rings. The van der Waals surface area contributed by atoms with E-state index in [9.17, 15) is 9.59 Å². The molecule has 0 N–H and O–H groups in total. The van der Waals surface area contributed by atoms with Crippen molar-refractivity contribution in [3.05, 3.63) is 35.9 Å². The molecule has 0 radical (unpaired) electrons. The van der Waals surface area contributed by atoms with Gasteiger partial charge in [0, 0.05) is 12.1 Å². The SMILES string of the molecule is CC(C)(C)N1C(=O)CN(Cc2ccccc2)CC1=O. The first-order valence-electron chi connectivity index (χ1n) is 6.50. The molecule has 0 bridgehead atoms. The molecule has 2 rings (SSSR count). The van der Waals surface area contributed by atoms with Gasteiger partial charge < -0.3 is 0 Å². The molecule has 4 heteroatoms. The maximum Gasteiger partial charge on any atom is 0.243 e. The van der Waals surface area contributed by atoms with Gasteiger partial charge in [0.25, 0.3) is 0 Å². The van der Waals surface area contributed by atoms with Crippen molar-refractivity contribution < 1.29 is 9.59 Å². The van der Waals surface area contributed by atoms with Gasteiger partial charge in [-0.25, -0.2) is 0 Å². The molecule has 19 heavy (non-hydrogen) atoms. The summed E-state index contributed by atoms with van der Waals surface area (Å²) in [5.41, 5.74) is 0.680. The van der Waals surface area contributed by atoms with E-state index < -0.39 is 5.54 Å². The highest BCUT2D eigenvalue weighted by Crippen LogP contribution is 2.19. The molecule has 0 saturated carbocycles. The summed E-state index contributed by atoms with van der Waals surface area (Å²) in [5, 5.41) is 0. The average molecular weight is 260 g/mol. The smallest absolute Gasteiger partial charge is 0.243 e. The van der Waals surface area contributed by atoms with Crippen molar-refractivity contribution in [1.82, 2.24) is 9.80 Å². The Kier molecular flexibility index (Phi) is 3.71. The molecule has 102 valence electrons. The monoisotopic (exact) mass is 260 g/mol. The van der Waals surface area contributed by atoms with Crippen LogP contribution in [-0.4, -0.2) is 40.2 Å². The van der Waals surface area contributed by atoms with E-state index in [4.69, 9.17) is 0 Å². The van der Waals surface area contributed by atoms with Gasteiger partial charge in [-0.3, -0.25) is 19.4 Å². The molecule has 1 saturated heterocycles. The standard InChI is InChI=1S/C15H20N2O2/c1-15(2,3)17-13(18)10-16(11-14(17)19)9-12-7-5-4-6-8-12/h4-8H,9-11H2,1-3H3. The average Bonchev–Trinajstić information content (AvgIpc) is 2.27. The largest absolute Gasteiger partial charge is 0.281 e. The van der Waals surface area contributed by atoms with Crippen molar-refractivity contribution in [2.75, 3.05) is 13.1 Å². The van der Waals surface area contributed by atoms with Crippen LogP contribution in [-0.2, 0) is 16.1 Å². The van der Waals surface area contributed by atoms with Crippen molar-refractivity contribution >= 4 is 11.8 Å². The number of imide groups is 1. The Balaban J connectivity index is 2.06. The van der Waals surface area contributed by atoms with Crippen LogP contribution in [0.4, 0.5) is 0 Å². The number of rotatable bonds is 2. The first-order chi connectivity index (χ1) is 8.88. The van der Waals surface area contributed by atoms with Gasteiger partial charge in [0.1, 0.15) is 0 Å². The number of amides is 2. The Labute approximate surface area is 114 Å². The number of piperazine rings is 1. The Morgan fingerprint density at radius 1 is 1.00 bits per heavy atom. The van der Waals surface area contributed by atoms with Gasteiger partial charge in [0.15, 0.2) is 0 Å². The van der Waals surface area contributed by atoms with Gasteiger partial charge in [0.2, 0.25) is 11.8 Å². The van der Waals surface area contributed by atoms with Crippen molar-refractivity contribution in [2.24, 2.45) is 0 Å². The third-order valence-electron chi connectivity index (χ3n) is 3.14. The van der Waals surface area contributed by atoms with Crippen LogP contribution in [0.3, 0.4) is 0 Å². The zero-order valence-corrected chi connectivity index (χ0v) is 11.7. The number of hydrogen-bond donors (Lipinski definition) is 0. The van der Waals surface area contributed by atoms with Crippen LogP contribution in [0.15, 0.2) is 30.3 Å². The second-order valence-electron chi connectivity index (χ2n) is 5.92. The van der Waals surface area contributed by atoms with Crippen molar-refractivity contribution in [2.45, 2.75) is 32.9 Å². The zero-order chi connectivity index (χ0) is 14.0. The summed E-state index contributed by atoms with van der Waals surface area (Å²) in [6, 6.07) is 9.89. The lowest BCUT2D eigenvalue weighted by atomic mass is 10.0. The maximum atomic E-state index is 12.1. The van der Waals surface area contributed by atoms with Gasteiger partial charge in [-0.15, -0.1) is 0 Å². The molecular weight excluding hydrogens is 240 g/mol. The van der Waals surface area contributed by atoms with Gasteiger partial charge in [-0.05, 0) is 26.3 Å². The van der Waals surface area contributed by atoms with Crippen LogP contribution in [0.1, 0.15) is 26.3 Å². The Hall–Kier alpha value is -1.68. The number of carbonyl (C=O) groups is 2. The molecule has 1 aliphatic rings. The molecule has 0 atom stereocenters. The quantitative estimate of drug-likeness (QED) is 0.759. The fourth-order valence-electron chi connectivity index (χ4n) is 2.42. The Morgan fingerprint density at radius 3 is 2.00 bits per heavy atom. The molecule has 4 nitrogen and oxygen atoms in total. The molecule has 0 spiro atoms. The fraction of sp³-hybridized carbons (Fsp3) is 0.467. The van der Waals surface area contributed by atoms with Crippen molar-refractivity contribution in [3.8, 4) is 0 Å². The highest BCUT2D eigenvalue weighted by molar-refractivity contribution is 6.00. The van der Waals surface area contributed by atoms with E-state index >= 15 is 0 Å². The van der Waals surface area contributed by atoms with Crippen molar-refractivity contribution in [1.29, 1.82) is 0 Å². The molecule has 2 amide bonds. The van der Waals surface area contributed by atoms with E-state index in [1.54, 1.807) is 0 Å². The van der Waals surface area contributed by atoms with E-state index in [-0.39, 0.29) is 11.8 Å². The topological polar surface area (TPSA) is 40.6 Å². The minimum absolute atomic E-state index is 0.111. The van der Waals surface area contributed by atoms with Crippen LogP contribution in [0.25, 0.3) is 0 Å². The summed E-state index contributed by atoms with van der Waals surface area (Å²) in [4.78, 5) is 27.5. The molecule has 0 unspecified atom stereocenters. The van der Waals surface area contributed by atoms with Crippen molar-refractivity contribution in [3.63, 3.8) is 0 Å². The van der Waals surface area contributed by atoms with Crippen LogP contribution in [0.2, 0.25) is 0 Å². The predicted octanol–water partition coefficient (Wildman–Crippen LogP) is 1.66. The normalized spacial score (nSPS) is 17.9. The molecule has 1 aromatic carbocycles. The highest BCUT2D eigenvalue weighted by atomic mass is 16.2. The lowest BCUT2D eigenvalue weighted by Crippen LogP contribution is -2.59. The Bertz CT molecular complexity index is 459.